The third-order valence-electron chi connectivity index (χ3n) is 5.59. The monoisotopic (exact) mass is 396 g/mol. The SMILES string of the molecule is Cc1cccc(Sc2nccnc2N2CCCC(C(=O)N3CCCCC3)C2)c1. The standard InChI is InChI=1S/C22H28N4OS/c1-17-7-5-9-19(15-17)28-21-20(23-10-11-24-21)26-14-6-8-18(16-26)22(27)25-12-3-2-4-13-25/h5,7,9-11,15,18H,2-4,6,8,12-14,16H2,1H3. The molecule has 5 nitrogen and oxygen atoms in total. The van der Waals surface area contributed by atoms with Crippen LogP contribution in [0.2, 0.25) is 0 Å². The lowest BCUT2D eigenvalue weighted by molar-refractivity contribution is -0.136. The van der Waals surface area contributed by atoms with Crippen LogP contribution in [-0.2, 0) is 4.79 Å². The number of hydrogen-bond donors (Lipinski definition) is 0. The number of piperidine rings is 2. The fraction of sp³-hybridized carbons (Fsp3) is 0.500. The van der Waals surface area contributed by atoms with E-state index in [9.17, 15) is 4.79 Å². The predicted molar refractivity (Wildman–Crippen MR) is 113 cm³/mol. The molecule has 2 fully saturated rings. The minimum atomic E-state index is 0.0747. The molecule has 0 bridgehead atoms. The summed E-state index contributed by atoms with van der Waals surface area (Å²) in [7, 11) is 0. The summed E-state index contributed by atoms with van der Waals surface area (Å²) < 4.78 is 0. The molecule has 0 radical (unpaired) electrons. The molecule has 6 heteroatoms. The van der Waals surface area contributed by atoms with Crippen LogP contribution in [0.4, 0.5) is 5.82 Å². The van der Waals surface area contributed by atoms with Gasteiger partial charge in [0.15, 0.2) is 5.82 Å². The third-order valence-corrected chi connectivity index (χ3v) is 6.56. The van der Waals surface area contributed by atoms with Crippen molar-refractivity contribution in [2.24, 2.45) is 5.92 Å². The zero-order valence-electron chi connectivity index (χ0n) is 16.5. The van der Waals surface area contributed by atoms with Gasteiger partial charge >= 0.3 is 0 Å². The highest BCUT2D eigenvalue weighted by Crippen LogP contribution is 2.34. The highest BCUT2D eigenvalue weighted by molar-refractivity contribution is 7.99. The summed E-state index contributed by atoms with van der Waals surface area (Å²) in [6.07, 6.45) is 9.04. The summed E-state index contributed by atoms with van der Waals surface area (Å²) in [6, 6.07) is 8.45. The van der Waals surface area contributed by atoms with Crippen molar-refractivity contribution in [1.82, 2.24) is 14.9 Å². The Bertz CT molecular complexity index is 822. The first-order valence-electron chi connectivity index (χ1n) is 10.3. The molecule has 1 unspecified atom stereocenters. The number of anilines is 1. The lowest BCUT2D eigenvalue weighted by atomic mass is 9.95. The van der Waals surface area contributed by atoms with Gasteiger partial charge in [-0.25, -0.2) is 9.97 Å². The molecule has 4 rings (SSSR count). The highest BCUT2D eigenvalue weighted by atomic mass is 32.2. The minimum Gasteiger partial charge on any atom is -0.354 e. The van der Waals surface area contributed by atoms with Gasteiger partial charge in [0.05, 0.1) is 5.92 Å². The molecule has 3 heterocycles. The van der Waals surface area contributed by atoms with Gasteiger partial charge in [-0.1, -0.05) is 29.5 Å². The fourth-order valence-corrected chi connectivity index (χ4v) is 5.14. The van der Waals surface area contributed by atoms with Crippen molar-refractivity contribution < 1.29 is 4.79 Å². The van der Waals surface area contributed by atoms with Crippen LogP contribution < -0.4 is 4.90 Å². The molecule has 148 valence electrons. The van der Waals surface area contributed by atoms with Crippen LogP contribution in [0.3, 0.4) is 0 Å². The molecule has 0 saturated carbocycles. The number of aromatic nitrogens is 2. The van der Waals surface area contributed by atoms with Crippen molar-refractivity contribution in [3.05, 3.63) is 42.2 Å². The molecule has 2 aromatic rings. The van der Waals surface area contributed by atoms with Crippen molar-refractivity contribution in [1.29, 1.82) is 0 Å². The van der Waals surface area contributed by atoms with Gasteiger partial charge in [0.2, 0.25) is 5.91 Å². The summed E-state index contributed by atoms with van der Waals surface area (Å²) in [4.78, 5) is 27.8. The third kappa shape index (κ3) is 4.49. The number of likely N-dealkylation sites (tertiary alicyclic amines) is 1. The van der Waals surface area contributed by atoms with Crippen LogP contribution in [0.25, 0.3) is 0 Å². The molecular weight excluding hydrogens is 368 g/mol. The number of benzene rings is 1. The zero-order chi connectivity index (χ0) is 19.3. The van der Waals surface area contributed by atoms with Crippen LogP contribution >= 0.6 is 11.8 Å². The van der Waals surface area contributed by atoms with Crippen molar-refractivity contribution in [3.63, 3.8) is 0 Å². The number of rotatable bonds is 4. The van der Waals surface area contributed by atoms with E-state index in [1.165, 1.54) is 16.9 Å². The number of nitrogens with zero attached hydrogens (tertiary/aromatic N) is 4. The van der Waals surface area contributed by atoms with Crippen LogP contribution in [0.1, 0.15) is 37.7 Å². The Morgan fingerprint density at radius 1 is 1.07 bits per heavy atom. The van der Waals surface area contributed by atoms with E-state index in [-0.39, 0.29) is 5.92 Å². The van der Waals surface area contributed by atoms with Gasteiger partial charge < -0.3 is 9.80 Å². The highest BCUT2D eigenvalue weighted by Gasteiger charge is 2.31. The summed E-state index contributed by atoms with van der Waals surface area (Å²) in [5.74, 6) is 1.32. The summed E-state index contributed by atoms with van der Waals surface area (Å²) in [5.41, 5.74) is 1.24. The van der Waals surface area contributed by atoms with Crippen LogP contribution in [0.15, 0.2) is 46.6 Å². The number of hydrogen-bond acceptors (Lipinski definition) is 5. The van der Waals surface area contributed by atoms with E-state index < -0.39 is 0 Å². The molecular formula is C22H28N4OS. The largest absolute Gasteiger partial charge is 0.354 e. The van der Waals surface area contributed by atoms with E-state index in [0.717, 1.165) is 62.7 Å². The van der Waals surface area contributed by atoms with Crippen LogP contribution in [-0.4, -0.2) is 47.0 Å². The number of carbonyl (C=O) groups excluding carboxylic acids is 1. The molecule has 2 saturated heterocycles. The van der Waals surface area contributed by atoms with E-state index >= 15 is 0 Å². The Kier molecular flexibility index (Phi) is 6.15. The fourth-order valence-electron chi connectivity index (χ4n) is 4.14. The molecule has 1 atom stereocenters. The first-order valence-corrected chi connectivity index (χ1v) is 11.1. The molecule has 0 aliphatic carbocycles. The van der Waals surface area contributed by atoms with Crippen molar-refractivity contribution in [2.45, 2.75) is 48.9 Å². The van der Waals surface area contributed by atoms with Gasteiger partial charge in [-0.15, -0.1) is 0 Å². The van der Waals surface area contributed by atoms with Crippen molar-refractivity contribution in [2.75, 3.05) is 31.1 Å². The van der Waals surface area contributed by atoms with Crippen LogP contribution in [0, 0.1) is 12.8 Å². The second-order valence-electron chi connectivity index (χ2n) is 7.77. The number of aryl methyl sites for hydroxylation is 1. The minimum absolute atomic E-state index is 0.0747. The topological polar surface area (TPSA) is 49.3 Å². The lowest BCUT2D eigenvalue weighted by Crippen LogP contribution is -2.46. The van der Waals surface area contributed by atoms with E-state index in [4.69, 9.17) is 0 Å². The van der Waals surface area contributed by atoms with Crippen molar-refractivity contribution >= 4 is 23.5 Å². The molecule has 28 heavy (non-hydrogen) atoms. The lowest BCUT2D eigenvalue weighted by Gasteiger charge is -2.37. The van der Waals surface area contributed by atoms with Crippen molar-refractivity contribution in [3.8, 4) is 0 Å². The molecule has 2 aliphatic rings. The quantitative estimate of drug-likeness (QED) is 0.776. The maximum Gasteiger partial charge on any atom is 0.227 e. The summed E-state index contributed by atoms with van der Waals surface area (Å²) >= 11 is 1.65. The average Bonchev–Trinajstić information content (AvgIpc) is 2.74. The number of amides is 1. The molecule has 0 spiro atoms. The van der Waals surface area contributed by atoms with E-state index in [2.05, 4.69) is 51.0 Å². The van der Waals surface area contributed by atoms with Crippen LogP contribution in [0.5, 0.6) is 0 Å². The zero-order valence-corrected chi connectivity index (χ0v) is 17.3. The van der Waals surface area contributed by atoms with Gasteiger partial charge in [0, 0.05) is 43.5 Å². The first kappa shape index (κ1) is 19.2. The summed E-state index contributed by atoms with van der Waals surface area (Å²) in [6.45, 7) is 5.63. The Labute approximate surface area is 171 Å². The molecule has 2 aliphatic heterocycles. The second kappa shape index (κ2) is 8.95. The van der Waals surface area contributed by atoms with E-state index in [0.29, 0.717) is 5.91 Å². The molecule has 1 aromatic heterocycles. The smallest absolute Gasteiger partial charge is 0.227 e. The van der Waals surface area contributed by atoms with Gasteiger partial charge in [-0.3, -0.25) is 4.79 Å². The normalized spacial score (nSPS) is 20.2. The van der Waals surface area contributed by atoms with Gasteiger partial charge in [0.1, 0.15) is 5.03 Å². The molecule has 1 amide bonds. The Hall–Kier alpha value is -2.08. The first-order chi connectivity index (χ1) is 13.7. The van der Waals surface area contributed by atoms with Gasteiger partial charge in [0.25, 0.3) is 0 Å². The summed E-state index contributed by atoms with van der Waals surface area (Å²) in [5, 5.41) is 0.916. The maximum absolute atomic E-state index is 13.0. The Morgan fingerprint density at radius 2 is 1.89 bits per heavy atom. The maximum atomic E-state index is 13.0. The Morgan fingerprint density at radius 3 is 2.71 bits per heavy atom. The van der Waals surface area contributed by atoms with E-state index in [1.807, 2.05) is 0 Å². The van der Waals surface area contributed by atoms with Gasteiger partial charge in [-0.2, -0.15) is 0 Å². The predicted octanol–water partition coefficient (Wildman–Crippen LogP) is 4.17. The average molecular weight is 397 g/mol. The molecule has 1 aromatic carbocycles. The molecule has 0 N–H and O–H groups in total. The van der Waals surface area contributed by atoms with Gasteiger partial charge in [-0.05, 0) is 51.2 Å². The second-order valence-corrected chi connectivity index (χ2v) is 8.84. The number of carbonyl (C=O) groups is 1. The van der Waals surface area contributed by atoms with E-state index in [1.54, 1.807) is 24.2 Å². The Balaban J connectivity index is 1.50.